The van der Waals surface area contributed by atoms with Crippen LogP contribution >= 0.6 is 0 Å². The summed E-state index contributed by atoms with van der Waals surface area (Å²) < 4.78 is 11.8. The molecule has 0 heterocycles. The maximum Gasteiger partial charge on any atom is 0.354 e. The predicted octanol–water partition coefficient (Wildman–Crippen LogP) is 8.02. The number of ether oxygens (including phenoxy) is 2. The molecule has 1 amide bonds. The second kappa shape index (κ2) is 18.3. The summed E-state index contributed by atoms with van der Waals surface area (Å²) in [6.45, 7) is 4.39. The molecule has 0 radical (unpaired) electrons. The van der Waals surface area contributed by atoms with Crippen LogP contribution in [0.1, 0.15) is 97.3 Å². The molecule has 2 rings (SSSR count). The van der Waals surface area contributed by atoms with Crippen molar-refractivity contribution in [3.8, 4) is 11.5 Å². The summed E-state index contributed by atoms with van der Waals surface area (Å²) in [4.78, 5) is 24.6. The summed E-state index contributed by atoms with van der Waals surface area (Å²) in [6.07, 6.45) is 14.2. The topological polar surface area (TPSA) is 84.9 Å². The van der Waals surface area contributed by atoms with Gasteiger partial charge in [-0.2, -0.15) is 0 Å². The number of para-hydroxylation sites is 3. The van der Waals surface area contributed by atoms with Gasteiger partial charge >= 0.3 is 5.97 Å². The SMILES string of the molecule is CCCCCCCCCCCCC(CCC)Oc1ccccc1NC(=O)C(Oc1ccccc1)C(=O)O. The zero-order chi connectivity index (χ0) is 26.7. The van der Waals surface area contributed by atoms with Gasteiger partial charge in [0, 0.05) is 0 Å². The Morgan fingerprint density at radius 2 is 1.32 bits per heavy atom. The number of hydrogen-bond acceptors (Lipinski definition) is 4. The number of unbranched alkanes of at least 4 members (excludes halogenated alkanes) is 9. The van der Waals surface area contributed by atoms with Gasteiger partial charge in [-0.05, 0) is 43.5 Å². The van der Waals surface area contributed by atoms with E-state index in [1.807, 2.05) is 12.1 Å². The lowest BCUT2D eigenvalue weighted by atomic mass is 10.0. The van der Waals surface area contributed by atoms with Crippen LogP contribution in [0.2, 0.25) is 0 Å². The van der Waals surface area contributed by atoms with E-state index in [4.69, 9.17) is 9.47 Å². The third-order valence-electron chi connectivity index (χ3n) is 6.39. The molecule has 2 N–H and O–H groups in total. The molecule has 6 nitrogen and oxygen atoms in total. The van der Waals surface area contributed by atoms with Crippen LogP contribution in [0.4, 0.5) is 5.69 Å². The molecule has 2 atom stereocenters. The highest BCUT2D eigenvalue weighted by Crippen LogP contribution is 2.28. The number of nitrogens with one attached hydrogen (secondary N) is 1. The standard InChI is InChI=1S/C31H45NO5/c1-3-5-6-7-8-9-10-11-12-14-20-25(19-4-2)36-28-24-18-17-23-27(28)32-30(33)29(31(34)35)37-26-21-15-13-16-22-26/h13,15-18,21-25,29H,3-12,14,19-20H2,1-2H3,(H,32,33)(H,34,35). The summed E-state index contributed by atoms with van der Waals surface area (Å²) in [6, 6.07) is 15.6. The van der Waals surface area contributed by atoms with Crippen molar-refractivity contribution in [2.75, 3.05) is 5.32 Å². The van der Waals surface area contributed by atoms with E-state index in [0.717, 1.165) is 25.7 Å². The molecule has 0 aromatic heterocycles. The average molecular weight is 512 g/mol. The van der Waals surface area contributed by atoms with Crippen molar-refractivity contribution < 1.29 is 24.2 Å². The van der Waals surface area contributed by atoms with Crippen molar-refractivity contribution in [3.05, 3.63) is 54.6 Å². The number of amides is 1. The van der Waals surface area contributed by atoms with Crippen LogP contribution in [0.3, 0.4) is 0 Å². The summed E-state index contributed by atoms with van der Waals surface area (Å²) in [5.74, 6) is -1.25. The monoisotopic (exact) mass is 511 g/mol. The van der Waals surface area contributed by atoms with E-state index in [0.29, 0.717) is 17.2 Å². The van der Waals surface area contributed by atoms with Crippen LogP contribution in [0.15, 0.2) is 54.6 Å². The molecule has 0 saturated heterocycles. The largest absolute Gasteiger partial charge is 0.488 e. The molecular formula is C31H45NO5. The second-order valence-corrected chi connectivity index (χ2v) is 9.63. The molecule has 6 heteroatoms. The Kier molecular flexibility index (Phi) is 14.9. The highest BCUT2D eigenvalue weighted by atomic mass is 16.5. The number of carboxylic acid groups (broad SMARTS) is 1. The molecule has 0 saturated carbocycles. The Bertz CT molecular complexity index is 901. The Morgan fingerprint density at radius 3 is 1.95 bits per heavy atom. The lowest BCUT2D eigenvalue weighted by Gasteiger charge is -2.22. The van der Waals surface area contributed by atoms with E-state index in [1.165, 1.54) is 57.8 Å². The minimum atomic E-state index is -1.67. The molecule has 0 bridgehead atoms. The van der Waals surface area contributed by atoms with Crippen LogP contribution < -0.4 is 14.8 Å². The highest BCUT2D eigenvalue weighted by Gasteiger charge is 2.29. The maximum absolute atomic E-state index is 12.8. The molecule has 2 unspecified atom stereocenters. The minimum Gasteiger partial charge on any atom is -0.488 e. The number of rotatable bonds is 20. The first-order chi connectivity index (χ1) is 18.0. The van der Waals surface area contributed by atoms with Crippen LogP contribution in [0.5, 0.6) is 11.5 Å². The van der Waals surface area contributed by atoms with E-state index in [2.05, 4.69) is 19.2 Å². The number of benzene rings is 2. The number of anilines is 1. The van der Waals surface area contributed by atoms with Crippen molar-refractivity contribution in [3.63, 3.8) is 0 Å². The van der Waals surface area contributed by atoms with Crippen LogP contribution in [0.25, 0.3) is 0 Å². The summed E-state index contributed by atoms with van der Waals surface area (Å²) >= 11 is 0. The fourth-order valence-electron chi connectivity index (χ4n) is 4.35. The molecule has 204 valence electrons. The first kappa shape index (κ1) is 30.2. The molecule has 0 fully saturated rings. The highest BCUT2D eigenvalue weighted by molar-refractivity contribution is 6.07. The van der Waals surface area contributed by atoms with Gasteiger partial charge in [0.2, 0.25) is 0 Å². The van der Waals surface area contributed by atoms with Crippen molar-refractivity contribution in [2.45, 2.75) is 110 Å². The van der Waals surface area contributed by atoms with Crippen LogP contribution in [-0.2, 0) is 9.59 Å². The smallest absolute Gasteiger partial charge is 0.354 e. The third-order valence-corrected chi connectivity index (χ3v) is 6.39. The van der Waals surface area contributed by atoms with Gasteiger partial charge in [-0.3, -0.25) is 4.79 Å². The first-order valence-electron chi connectivity index (χ1n) is 14.1. The van der Waals surface area contributed by atoms with E-state index >= 15 is 0 Å². The number of aliphatic carboxylic acids is 1. The molecule has 0 aliphatic heterocycles. The zero-order valence-corrected chi connectivity index (χ0v) is 22.6. The number of carboxylic acids is 1. The molecule has 2 aromatic carbocycles. The maximum atomic E-state index is 12.8. The van der Waals surface area contributed by atoms with Gasteiger partial charge in [0.25, 0.3) is 12.0 Å². The van der Waals surface area contributed by atoms with E-state index in [-0.39, 0.29) is 6.10 Å². The lowest BCUT2D eigenvalue weighted by Crippen LogP contribution is -2.39. The van der Waals surface area contributed by atoms with Gasteiger partial charge in [0.05, 0.1) is 11.8 Å². The second-order valence-electron chi connectivity index (χ2n) is 9.63. The molecular weight excluding hydrogens is 466 g/mol. The van der Waals surface area contributed by atoms with Crippen molar-refractivity contribution >= 4 is 17.6 Å². The van der Waals surface area contributed by atoms with Gasteiger partial charge in [0.1, 0.15) is 11.5 Å². The van der Waals surface area contributed by atoms with Gasteiger partial charge < -0.3 is 19.9 Å². The number of carbonyl (C=O) groups excluding carboxylic acids is 1. The third kappa shape index (κ3) is 12.2. The normalized spacial score (nSPS) is 12.5. The lowest BCUT2D eigenvalue weighted by molar-refractivity contribution is -0.149. The Morgan fingerprint density at radius 1 is 0.730 bits per heavy atom. The first-order valence-corrected chi connectivity index (χ1v) is 14.1. The number of carbonyl (C=O) groups is 2. The summed E-state index contributed by atoms with van der Waals surface area (Å²) in [5.41, 5.74) is 0.444. The Labute approximate surface area is 222 Å². The molecule has 0 aliphatic carbocycles. The van der Waals surface area contributed by atoms with Gasteiger partial charge in [0.15, 0.2) is 0 Å². The zero-order valence-electron chi connectivity index (χ0n) is 22.6. The fourth-order valence-corrected chi connectivity index (χ4v) is 4.35. The molecule has 0 aliphatic rings. The van der Waals surface area contributed by atoms with Gasteiger partial charge in [-0.25, -0.2) is 4.79 Å². The number of hydrogen-bond donors (Lipinski definition) is 2. The fraction of sp³-hybridized carbons (Fsp3) is 0.548. The quantitative estimate of drug-likeness (QED) is 0.139. The van der Waals surface area contributed by atoms with Crippen LogP contribution in [-0.4, -0.2) is 29.2 Å². The van der Waals surface area contributed by atoms with Gasteiger partial charge in [-0.1, -0.05) is 108 Å². The molecule has 0 spiro atoms. The molecule has 2 aromatic rings. The van der Waals surface area contributed by atoms with Crippen molar-refractivity contribution in [1.82, 2.24) is 0 Å². The van der Waals surface area contributed by atoms with Gasteiger partial charge in [-0.15, -0.1) is 0 Å². The van der Waals surface area contributed by atoms with Crippen LogP contribution in [0, 0.1) is 0 Å². The van der Waals surface area contributed by atoms with E-state index in [1.54, 1.807) is 42.5 Å². The molecule has 37 heavy (non-hydrogen) atoms. The minimum absolute atomic E-state index is 0.0490. The summed E-state index contributed by atoms with van der Waals surface area (Å²) in [7, 11) is 0. The Hall–Kier alpha value is -3.02. The van der Waals surface area contributed by atoms with E-state index in [9.17, 15) is 14.7 Å². The summed E-state index contributed by atoms with van der Waals surface area (Å²) in [5, 5.41) is 12.3. The average Bonchev–Trinajstić information content (AvgIpc) is 2.90. The van der Waals surface area contributed by atoms with E-state index < -0.39 is 18.0 Å². The van der Waals surface area contributed by atoms with Crippen molar-refractivity contribution in [2.24, 2.45) is 0 Å². The predicted molar refractivity (Wildman–Crippen MR) is 149 cm³/mol. The van der Waals surface area contributed by atoms with Crippen molar-refractivity contribution in [1.29, 1.82) is 0 Å². The Balaban J connectivity index is 1.87.